The Labute approximate surface area is 104 Å². The molecule has 1 aromatic heterocycles. The fraction of sp³-hybridized carbons (Fsp3) is 0.556. The first kappa shape index (κ1) is 14.6. The number of nitrogens with one attached hydrogen (secondary N) is 1. The average Bonchev–Trinajstić information content (AvgIpc) is 2.31. The van der Waals surface area contributed by atoms with E-state index < -0.39 is 26.2 Å². The van der Waals surface area contributed by atoms with Crippen LogP contribution in [0.25, 0.3) is 0 Å². The van der Waals surface area contributed by atoms with E-state index in [-0.39, 0.29) is 19.6 Å². The topological polar surface area (TPSA) is 110 Å². The SMILES string of the molecule is Cn1cc(S(=O)(=O)NCCCO)c(=O)n(C)c1=O. The maximum Gasteiger partial charge on any atom is 0.330 e. The zero-order chi connectivity index (χ0) is 13.9. The van der Waals surface area contributed by atoms with Gasteiger partial charge in [-0.2, -0.15) is 0 Å². The van der Waals surface area contributed by atoms with E-state index in [4.69, 9.17) is 5.11 Å². The third-order valence-corrected chi connectivity index (χ3v) is 3.77. The Morgan fingerprint density at radius 2 is 1.94 bits per heavy atom. The fourth-order valence-electron chi connectivity index (χ4n) is 1.32. The van der Waals surface area contributed by atoms with Crippen molar-refractivity contribution in [3.8, 4) is 0 Å². The lowest BCUT2D eigenvalue weighted by molar-refractivity contribution is 0.289. The molecule has 0 aromatic carbocycles. The molecule has 1 rings (SSSR count). The van der Waals surface area contributed by atoms with Crippen molar-refractivity contribution in [2.24, 2.45) is 14.1 Å². The molecule has 8 nitrogen and oxygen atoms in total. The van der Waals surface area contributed by atoms with Gasteiger partial charge in [-0.15, -0.1) is 0 Å². The molecule has 0 spiro atoms. The minimum absolute atomic E-state index is 0.0187. The summed E-state index contributed by atoms with van der Waals surface area (Å²) in [6.45, 7) is -0.140. The molecule has 0 unspecified atom stereocenters. The maximum atomic E-state index is 11.8. The predicted octanol–water partition coefficient (Wildman–Crippen LogP) is -2.26. The first-order valence-corrected chi connectivity index (χ1v) is 6.66. The van der Waals surface area contributed by atoms with Gasteiger partial charge in [0.1, 0.15) is 0 Å². The summed E-state index contributed by atoms with van der Waals surface area (Å²) in [6, 6.07) is 0. The average molecular weight is 277 g/mol. The highest BCUT2D eigenvalue weighted by Gasteiger charge is 2.20. The molecule has 1 aromatic rings. The van der Waals surface area contributed by atoms with Crippen LogP contribution in [0.3, 0.4) is 0 Å². The van der Waals surface area contributed by atoms with Crippen LogP contribution in [0, 0.1) is 0 Å². The van der Waals surface area contributed by atoms with E-state index in [1.165, 1.54) is 14.1 Å². The summed E-state index contributed by atoms with van der Waals surface area (Å²) in [5, 5.41) is 8.57. The monoisotopic (exact) mass is 277 g/mol. The molecule has 18 heavy (non-hydrogen) atoms. The number of sulfonamides is 1. The van der Waals surface area contributed by atoms with E-state index in [0.717, 1.165) is 15.3 Å². The fourth-order valence-corrected chi connectivity index (χ4v) is 2.56. The molecule has 0 aliphatic rings. The summed E-state index contributed by atoms with van der Waals surface area (Å²) in [4.78, 5) is 22.6. The largest absolute Gasteiger partial charge is 0.396 e. The first-order chi connectivity index (χ1) is 8.31. The highest BCUT2D eigenvalue weighted by atomic mass is 32.2. The maximum absolute atomic E-state index is 11.8. The number of aromatic nitrogens is 2. The van der Waals surface area contributed by atoms with Crippen LogP contribution in [0.15, 0.2) is 20.7 Å². The summed E-state index contributed by atoms with van der Waals surface area (Å²) < 4.78 is 27.6. The van der Waals surface area contributed by atoms with Crippen LogP contribution in [0.2, 0.25) is 0 Å². The molecule has 0 saturated heterocycles. The number of hydrogen-bond acceptors (Lipinski definition) is 5. The Bertz CT molecular complexity index is 643. The summed E-state index contributed by atoms with van der Waals surface area (Å²) in [7, 11) is -1.42. The molecule has 0 aliphatic heterocycles. The summed E-state index contributed by atoms with van der Waals surface area (Å²) in [5.41, 5.74) is -1.48. The molecule has 0 amide bonds. The lowest BCUT2D eigenvalue weighted by atomic mass is 10.5. The van der Waals surface area contributed by atoms with E-state index in [2.05, 4.69) is 4.72 Å². The number of rotatable bonds is 5. The van der Waals surface area contributed by atoms with E-state index in [0.29, 0.717) is 0 Å². The number of aliphatic hydroxyl groups is 1. The molecule has 1 heterocycles. The van der Waals surface area contributed by atoms with Crippen molar-refractivity contribution in [3.05, 3.63) is 27.0 Å². The van der Waals surface area contributed by atoms with Crippen molar-refractivity contribution < 1.29 is 13.5 Å². The van der Waals surface area contributed by atoms with Gasteiger partial charge in [-0.25, -0.2) is 17.9 Å². The van der Waals surface area contributed by atoms with Crippen LogP contribution in [0.1, 0.15) is 6.42 Å². The summed E-state index contributed by atoms with van der Waals surface area (Å²) in [6.07, 6.45) is 1.22. The van der Waals surface area contributed by atoms with Gasteiger partial charge in [0.25, 0.3) is 5.56 Å². The second-order valence-corrected chi connectivity index (χ2v) is 5.46. The lowest BCUT2D eigenvalue weighted by Gasteiger charge is -2.08. The van der Waals surface area contributed by atoms with Gasteiger partial charge in [-0.1, -0.05) is 0 Å². The van der Waals surface area contributed by atoms with Crippen LogP contribution in [-0.2, 0) is 24.1 Å². The molecule has 0 atom stereocenters. The number of aliphatic hydroxyl groups excluding tert-OH is 1. The van der Waals surface area contributed by atoms with Gasteiger partial charge in [0.2, 0.25) is 10.0 Å². The van der Waals surface area contributed by atoms with Crippen LogP contribution < -0.4 is 16.0 Å². The van der Waals surface area contributed by atoms with E-state index in [1.807, 2.05) is 0 Å². The van der Waals surface area contributed by atoms with Crippen molar-refractivity contribution in [2.45, 2.75) is 11.3 Å². The highest BCUT2D eigenvalue weighted by Crippen LogP contribution is 1.99. The van der Waals surface area contributed by atoms with Crippen LogP contribution in [-0.4, -0.2) is 35.8 Å². The smallest absolute Gasteiger partial charge is 0.330 e. The molecule has 0 aliphatic carbocycles. The van der Waals surface area contributed by atoms with Gasteiger partial charge in [-0.3, -0.25) is 9.36 Å². The van der Waals surface area contributed by atoms with Crippen molar-refractivity contribution in [1.82, 2.24) is 13.9 Å². The third kappa shape index (κ3) is 2.86. The van der Waals surface area contributed by atoms with Crippen LogP contribution in [0.5, 0.6) is 0 Å². The Morgan fingerprint density at radius 3 is 2.50 bits per heavy atom. The Kier molecular flexibility index (Phi) is 4.43. The Hall–Kier alpha value is -1.45. The molecule has 102 valence electrons. The number of aryl methyl sites for hydroxylation is 1. The predicted molar refractivity (Wildman–Crippen MR) is 63.8 cm³/mol. The summed E-state index contributed by atoms with van der Waals surface area (Å²) in [5.74, 6) is 0. The highest BCUT2D eigenvalue weighted by molar-refractivity contribution is 7.89. The normalized spacial score (nSPS) is 11.7. The van der Waals surface area contributed by atoms with Gasteiger partial charge in [0.15, 0.2) is 4.90 Å². The number of nitrogens with zero attached hydrogens (tertiary/aromatic N) is 2. The zero-order valence-electron chi connectivity index (χ0n) is 10.1. The second kappa shape index (κ2) is 5.46. The Balaban J connectivity index is 3.26. The zero-order valence-corrected chi connectivity index (χ0v) is 10.9. The molecule has 0 saturated carbocycles. The third-order valence-electron chi connectivity index (χ3n) is 2.33. The molecule has 0 bridgehead atoms. The lowest BCUT2D eigenvalue weighted by Crippen LogP contribution is -2.41. The summed E-state index contributed by atoms with van der Waals surface area (Å²) >= 11 is 0. The molecule has 9 heteroatoms. The van der Waals surface area contributed by atoms with Crippen LogP contribution >= 0.6 is 0 Å². The minimum Gasteiger partial charge on any atom is -0.396 e. The molecular formula is C9H15N3O5S. The van der Waals surface area contributed by atoms with E-state index >= 15 is 0 Å². The standard InChI is InChI=1S/C9H15N3O5S/c1-11-6-7(8(14)12(2)9(11)15)18(16,17)10-4-3-5-13/h6,10,13H,3-5H2,1-2H3. The minimum atomic E-state index is -3.98. The van der Waals surface area contributed by atoms with Crippen LogP contribution in [0.4, 0.5) is 0 Å². The van der Waals surface area contributed by atoms with Gasteiger partial charge >= 0.3 is 5.69 Å². The van der Waals surface area contributed by atoms with Gasteiger partial charge in [0, 0.05) is 33.4 Å². The van der Waals surface area contributed by atoms with Gasteiger partial charge < -0.3 is 9.67 Å². The molecule has 2 N–H and O–H groups in total. The van der Waals surface area contributed by atoms with E-state index in [9.17, 15) is 18.0 Å². The van der Waals surface area contributed by atoms with Crippen molar-refractivity contribution in [2.75, 3.05) is 13.2 Å². The van der Waals surface area contributed by atoms with E-state index in [1.54, 1.807) is 0 Å². The molecule has 0 fully saturated rings. The quantitative estimate of drug-likeness (QED) is 0.590. The van der Waals surface area contributed by atoms with Gasteiger partial charge in [-0.05, 0) is 6.42 Å². The van der Waals surface area contributed by atoms with Crippen molar-refractivity contribution >= 4 is 10.0 Å². The Morgan fingerprint density at radius 1 is 1.33 bits per heavy atom. The van der Waals surface area contributed by atoms with Crippen molar-refractivity contribution in [3.63, 3.8) is 0 Å². The van der Waals surface area contributed by atoms with Gasteiger partial charge in [0.05, 0.1) is 0 Å². The molecular weight excluding hydrogens is 262 g/mol. The first-order valence-electron chi connectivity index (χ1n) is 5.18. The second-order valence-electron chi connectivity index (χ2n) is 3.73. The number of hydrogen-bond donors (Lipinski definition) is 2. The molecule has 0 radical (unpaired) electrons. The van der Waals surface area contributed by atoms with Crippen molar-refractivity contribution in [1.29, 1.82) is 0 Å².